The number of alkyl halides is 1. The van der Waals surface area contributed by atoms with Crippen LogP contribution in [0.5, 0.6) is 5.75 Å². The van der Waals surface area contributed by atoms with Gasteiger partial charge in [-0.2, -0.15) is 0 Å². The minimum atomic E-state index is -1.14. The molecule has 0 bridgehead atoms. The fourth-order valence-electron chi connectivity index (χ4n) is 1.87. The van der Waals surface area contributed by atoms with Gasteiger partial charge in [-0.25, -0.2) is 8.78 Å². The fourth-order valence-corrected chi connectivity index (χ4v) is 1.87. The molecule has 1 aliphatic rings. The summed E-state index contributed by atoms with van der Waals surface area (Å²) in [4.78, 5) is 0. The quantitative estimate of drug-likeness (QED) is 0.810. The first-order valence-corrected chi connectivity index (χ1v) is 4.40. The average molecular weight is 236 g/mol. The van der Waals surface area contributed by atoms with Crippen molar-refractivity contribution < 1.29 is 13.5 Å². The maximum absolute atomic E-state index is 13.3. The summed E-state index contributed by atoms with van der Waals surface area (Å²) in [6, 6.07) is 2.13. The Bertz CT molecular complexity index is 373. The van der Waals surface area contributed by atoms with Crippen molar-refractivity contribution in [3.63, 3.8) is 0 Å². The lowest BCUT2D eigenvalue weighted by molar-refractivity contribution is 0.301. The van der Waals surface area contributed by atoms with Crippen molar-refractivity contribution in [2.75, 3.05) is 7.11 Å². The molecule has 1 aromatic carbocycles. The molecule has 2 rings (SSSR count). The number of halogens is 3. The predicted molar refractivity (Wildman–Crippen MR) is 55.7 cm³/mol. The zero-order chi connectivity index (χ0) is 10.3. The highest BCUT2D eigenvalue weighted by Crippen LogP contribution is 2.38. The Hall–Kier alpha value is -0.870. The number of hydrogen-bond donors (Lipinski definition) is 1. The Morgan fingerprint density at radius 1 is 1.47 bits per heavy atom. The van der Waals surface area contributed by atoms with Gasteiger partial charge in [0.1, 0.15) is 6.17 Å². The maximum atomic E-state index is 13.3. The SMILES string of the molecule is COc1c(F)ccc2c1C[C@@H](F)[C@H]2N.Cl. The number of methoxy groups -OCH3 is 1. The van der Waals surface area contributed by atoms with E-state index in [1.807, 2.05) is 0 Å². The molecule has 5 heteroatoms. The van der Waals surface area contributed by atoms with Gasteiger partial charge in [0.15, 0.2) is 11.6 Å². The van der Waals surface area contributed by atoms with Crippen LogP contribution in [-0.2, 0) is 6.42 Å². The summed E-state index contributed by atoms with van der Waals surface area (Å²) < 4.78 is 31.4. The molecule has 2 N–H and O–H groups in total. The monoisotopic (exact) mass is 235 g/mol. The summed E-state index contributed by atoms with van der Waals surface area (Å²) in [7, 11) is 1.37. The number of fused-ring (bicyclic) bond motifs is 1. The minimum absolute atomic E-state index is 0. The van der Waals surface area contributed by atoms with E-state index in [0.717, 1.165) is 0 Å². The second-order valence-electron chi connectivity index (χ2n) is 3.39. The zero-order valence-electron chi connectivity index (χ0n) is 8.17. The van der Waals surface area contributed by atoms with Crippen molar-refractivity contribution in [1.82, 2.24) is 0 Å². The molecule has 1 aliphatic carbocycles. The molecule has 2 nitrogen and oxygen atoms in total. The standard InChI is InChI=1S/C10H11F2NO.ClH/c1-14-10-6-4-8(12)9(13)5(6)2-3-7(10)11;/h2-3,8-9H,4,13H2,1H3;1H/t8-,9+;/m1./s1. The molecule has 0 fully saturated rings. The van der Waals surface area contributed by atoms with Crippen molar-refractivity contribution in [3.05, 3.63) is 29.1 Å². The summed E-state index contributed by atoms with van der Waals surface area (Å²) >= 11 is 0. The normalized spacial score (nSPS) is 23.2. The van der Waals surface area contributed by atoms with Gasteiger partial charge < -0.3 is 10.5 Å². The van der Waals surface area contributed by atoms with E-state index in [2.05, 4.69) is 0 Å². The van der Waals surface area contributed by atoms with Crippen LogP contribution in [0.1, 0.15) is 17.2 Å². The largest absolute Gasteiger partial charge is 0.493 e. The Labute approximate surface area is 92.8 Å². The first-order valence-electron chi connectivity index (χ1n) is 4.40. The van der Waals surface area contributed by atoms with Crippen molar-refractivity contribution in [2.24, 2.45) is 5.73 Å². The average Bonchev–Trinajstić information content (AvgIpc) is 2.43. The van der Waals surface area contributed by atoms with Crippen LogP contribution in [0.2, 0.25) is 0 Å². The van der Waals surface area contributed by atoms with Gasteiger partial charge in [-0.3, -0.25) is 0 Å². The summed E-state index contributed by atoms with van der Waals surface area (Å²) in [6.45, 7) is 0. The van der Waals surface area contributed by atoms with E-state index in [0.29, 0.717) is 11.1 Å². The molecule has 1 aromatic rings. The van der Waals surface area contributed by atoms with Crippen LogP contribution >= 0.6 is 12.4 Å². The van der Waals surface area contributed by atoms with Gasteiger partial charge in [-0.15, -0.1) is 12.4 Å². The smallest absolute Gasteiger partial charge is 0.165 e. The fraction of sp³-hybridized carbons (Fsp3) is 0.400. The number of rotatable bonds is 1. The summed E-state index contributed by atoms with van der Waals surface area (Å²) in [5.74, 6) is -0.342. The molecule has 2 atom stereocenters. The second kappa shape index (κ2) is 4.33. The van der Waals surface area contributed by atoms with Crippen molar-refractivity contribution >= 4 is 12.4 Å². The molecule has 84 valence electrons. The Kier molecular flexibility index (Phi) is 3.52. The number of ether oxygens (including phenoxy) is 1. The molecule has 0 spiro atoms. The first-order chi connectivity index (χ1) is 6.65. The van der Waals surface area contributed by atoms with E-state index >= 15 is 0 Å². The van der Waals surface area contributed by atoms with Crippen LogP contribution in [0, 0.1) is 5.82 Å². The van der Waals surface area contributed by atoms with Crippen LogP contribution in [0.4, 0.5) is 8.78 Å². The number of benzene rings is 1. The molecule has 0 aromatic heterocycles. The molecular weight excluding hydrogens is 224 g/mol. The van der Waals surface area contributed by atoms with E-state index in [9.17, 15) is 8.78 Å². The van der Waals surface area contributed by atoms with Gasteiger partial charge in [0.05, 0.1) is 13.2 Å². The molecule has 0 aliphatic heterocycles. The van der Waals surface area contributed by atoms with Gasteiger partial charge in [0.2, 0.25) is 0 Å². The van der Waals surface area contributed by atoms with Gasteiger partial charge in [-0.1, -0.05) is 6.07 Å². The van der Waals surface area contributed by atoms with Crippen LogP contribution in [0.15, 0.2) is 12.1 Å². The molecule has 15 heavy (non-hydrogen) atoms. The molecule has 0 unspecified atom stereocenters. The second-order valence-corrected chi connectivity index (χ2v) is 3.39. The summed E-state index contributed by atoms with van der Waals surface area (Å²) in [6.07, 6.45) is -1.00. The van der Waals surface area contributed by atoms with Gasteiger partial charge in [0.25, 0.3) is 0 Å². The number of hydrogen-bond acceptors (Lipinski definition) is 2. The highest BCUT2D eigenvalue weighted by Gasteiger charge is 2.32. The molecule has 0 radical (unpaired) electrons. The Balaban J connectivity index is 0.00000112. The van der Waals surface area contributed by atoms with Crippen molar-refractivity contribution in [1.29, 1.82) is 0 Å². The Morgan fingerprint density at radius 2 is 2.13 bits per heavy atom. The lowest BCUT2D eigenvalue weighted by atomic mass is 10.1. The van der Waals surface area contributed by atoms with Gasteiger partial charge in [-0.05, 0) is 11.6 Å². The van der Waals surface area contributed by atoms with Gasteiger partial charge in [0, 0.05) is 12.0 Å². The topological polar surface area (TPSA) is 35.2 Å². The van der Waals surface area contributed by atoms with Crippen LogP contribution in [0.3, 0.4) is 0 Å². The molecule has 0 heterocycles. The zero-order valence-corrected chi connectivity index (χ0v) is 8.98. The lowest BCUT2D eigenvalue weighted by Crippen LogP contribution is -2.17. The highest BCUT2D eigenvalue weighted by molar-refractivity contribution is 5.85. The van der Waals surface area contributed by atoms with Crippen LogP contribution in [-0.4, -0.2) is 13.3 Å². The van der Waals surface area contributed by atoms with Crippen molar-refractivity contribution in [3.8, 4) is 5.75 Å². The minimum Gasteiger partial charge on any atom is -0.493 e. The van der Waals surface area contributed by atoms with Crippen LogP contribution < -0.4 is 10.5 Å². The predicted octanol–water partition coefficient (Wildman–Crippen LogP) is 2.15. The van der Waals surface area contributed by atoms with E-state index in [1.165, 1.54) is 19.2 Å². The van der Waals surface area contributed by atoms with Gasteiger partial charge >= 0.3 is 0 Å². The highest BCUT2D eigenvalue weighted by atomic mass is 35.5. The van der Waals surface area contributed by atoms with Crippen LogP contribution in [0.25, 0.3) is 0 Å². The van der Waals surface area contributed by atoms with E-state index in [4.69, 9.17) is 10.5 Å². The first kappa shape index (κ1) is 12.2. The van der Waals surface area contributed by atoms with Crippen molar-refractivity contribution in [2.45, 2.75) is 18.6 Å². The Morgan fingerprint density at radius 3 is 2.73 bits per heavy atom. The molecule has 0 amide bonds. The van der Waals surface area contributed by atoms with E-state index < -0.39 is 18.0 Å². The third-order valence-corrected chi connectivity index (χ3v) is 2.60. The van der Waals surface area contributed by atoms with E-state index in [1.54, 1.807) is 0 Å². The molecular formula is C10H12ClF2NO. The third-order valence-electron chi connectivity index (χ3n) is 2.60. The third kappa shape index (κ3) is 1.79. The summed E-state index contributed by atoms with van der Waals surface area (Å²) in [5.41, 5.74) is 6.82. The van der Waals surface area contributed by atoms with E-state index in [-0.39, 0.29) is 24.6 Å². The number of nitrogens with two attached hydrogens (primary N) is 1. The molecule has 0 saturated heterocycles. The lowest BCUT2D eigenvalue weighted by Gasteiger charge is -2.09. The molecule has 0 saturated carbocycles. The summed E-state index contributed by atoms with van der Waals surface area (Å²) in [5, 5.41) is 0. The maximum Gasteiger partial charge on any atom is 0.165 e.